The van der Waals surface area contributed by atoms with Crippen molar-refractivity contribution in [2.24, 2.45) is 0 Å². The molecule has 1 atom stereocenters. The Morgan fingerprint density at radius 2 is 1.88 bits per heavy atom. The number of carbonyl (C=O) groups excluding carboxylic acids is 5. The van der Waals surface area contributed by atoms with Crippen LogP contribution in [0.25, 0.3) is 11.6 Å². The monoisotopic (exact) mass is 697 g/mol. The number of anilines is 1. The third kappa shape index (κ3) is 10.7. The summed E-state index contributed by atoms with van der Waals surface area (Å²) in [5, 5.41) is 7.61. The molecule has 17 nitrogen and oxygen atoms in total. The predicted molar refractivity (Wildman–Crippen MR) is 167 cm³/mol. The normalized spacial score (nSPS) is 13.8. The lowest BCUT2D eigenvalue weighted by atomic mass is 10.0. The van der Waals surface area contributed by atoms with E-state index >= 15 is 0 Å². The molecule has 1 aromatic heterocycles. The molecular weight excluding hydrogens is 660 g/mol. The zero-order chi connectivity index (χ0) is 35.6. The number of benzene rings is 1. The number of rotatable bonds is 16. The Bertz CT molecular complexity index is 1620. The summed E-state index contributed by atoms with van der Waals surface area (Å²) in [7, 11) is -3.69. The molecule has 0 saturated heterocycles. The molecule has 1 unspecified atom stereocenters. The van der Waals surface area contributed by atoms with E-state index in [1.54, 1.807) is 26.8 Å². The Morgan fingerprint density at radius 3 is 2.54 bits per heavy atom. The summed E-state index contributed by atoms with van der Waals surface area (Å²) in [5.41, 5.74) is 2.95. The highest BCUT2D eigenvalue weighted by Crippen LogP contribution is 2.36. The quantitative estimate of drug-likeness (QED) is 0.0826. The van der Waals surface area contributed by atoms with Crippen molar-refractivity contribution in [2.75, 3.05) is 58.4 Å². The summed E-state index contributed by atoms with van der Waals surface area (Å²) in [6.45, 7) is 2.78. The van der Waals surface area contributed by atoms with Crippen molar-refractivity contribution in [1.29, 1.82) is 0 Å². The van der Waals surface area contributed by atoms with Gasteiger partial charge in [0.1, 0.15) is 25.6 Å². The first kappa shape index (κ1) is 37.8. The fraction of sp³-hybridized carbons (Fsp3) is 0.414. The maximum absolute atomic E-state index is 13.8. The third-order valence-corrected chi connectivity index (χ3v) is 7.37. The number of esters is 1. The number of aromatic amines is 1. The number of H-pyrrole nitrogens is 1. The largest absolute Gasteiger partial charge is 0.469 e. The van der Waals surface area contributed by atoms with Crippen LogP contribution < -0.4 is 16.0 Å². The van der Waals surface area contributed by atoms with Gasteiger partial charge in [0.05, 0.1) is 17.7 Å². The van der Waals surface area contributed by atoms with Crippen molar-refractivity contribution in [2.45, 2.75) is 26.9 Å². The number of aryl methyl sites for hydroxylation is 1. The summed E-state index contributed by atoms with van der Waals surface area (Å²) in [5.74, 6) is -2.98. The van der Waals surface area contributed by atoms with Crippen LogP contribution in [0.2, 0.25) is 0 Å². The van der Waals surface area contributed by atoms with E-state index in [-0.39, 0.29) is 31.8 Å². The van der Waals surface area contributed by atoms with Crippen molar-refractivity contribution in [3.63, 3.8) is 0 Å². The average molecular weight is 698 g/mol. The number of aromatic nitrogens is 1. The topological polar surface area (TPSA) is 235 Å². The van der Waals surface area contributed by atoms with E-state index in [2.05, 4.69) is 30.2 Å². The van der Waals surface area contributed by atoms with E-state index < -0.39 is 69.3 Å². The highest BCUT2D eigenvalue weighted by atomic mass is 31.2. The molecule has 0 fully saturated rings. The minimum atomic E-state index is -4.96. The van der Waals surface area contributed by atoms with Crippen LogP contribution >= 0.6 is 7.82 Å². The Morgan fingerprint density at radius 1 is 1.15 bits per heavy atom. The molecule has 262 valence electrons. The first-order valence-corrected chi connectivity index (χ1v) is 16.0. The number of carbonyl (C=O) groups is 5. The van der Waals surface area contributed by atoms with Crippen LogP contribution in [0.1, 0.15) is 39.8 Å². The van der Waals surface area contributed by atoms with Crippen LogP contribution in [-0.4, -0.2) is 109 Å². The van der Waals surface area contributed by atoms with Crippen LogP contribution in [0.3, 0.4) is 0 Å². The third-order valence-electron chi connectivity index (χ3n) is 6.89. The number of ether oxygens (including phenoxy) is 3. The van der Waals surface area contributed by atoms with Crippen molar-refractivity contribution < 1.29 is 61.4 Å². The summed E-state index contributed by atoms with van der Waals surface area (Å²) < 4.78 is 44.2. The number of halogens is 1. The number of amides is 4. The molecular formula is C29H37FN5O12P. The van der Waals surface area contributed by atoms with Gasteiger partial charge < -0.3 is 49.8 Å². The lowest BCUT2D eigenvalue weighted by Gasteiger charge is -2.23. The Balaban J connectivity index is 1.58. The van der Waals surface area contributed by atoms with Gasteiger partial charge in [-0.1, -0.05) is 0 Å². The summed E-state index contributed by atoms with van der Waals surface area (Å²) >= 11 is 0. The number of phosphoric acid groups is 1. The van der Waals surface area contributed by atoms with Crippen molar-refractivity contribution >= 4 is 54.9 Å². The van der Waals surface area contributed by atoms with Gasteiger partial charge in [0.15, 0.2) is 6.10 Å². The number of hydrogen-bond acceptors (Lipinski definition) is 10. The van der Waals surface area contributed by atoms with Gasteiger partial charge in [0.2, 0.25) is 5.91 Å². The smallest absolute Gasteiger partial charge is 0.455 e. The van der Waals surface area contributed by atoms with E-state index in [9.17, 15) is 32.9 Å². The summed E-state index contributed by atoms with van der Waals surface area (Å²) in [4.78, 5) is 84.3. The molecule has 0 bridgehead atoms. The van der Waals surface area contributed by atoms with Crippen LogP contribution in [0.4, 0.5) is 14.9 Å². The molecule has 3 rings (SSSR count). The van der Waals surface area contributed by atoms with Crippen molar-refractivity contribution in [3.8, 4) is 0 Å². The highest BCUT2D eigenvalue weighted by molar-refractivity contribution is 7.46. The minimum absolute atomic E-state index is 0.00177. The zero-order valence-electron chi connectivity index (χ0n) is 26.6. The van der Waals surface area contributed by atoms with Gasteiger partial charge in [-0.25, -0.2) is 13.8 Å². The van der Waals surface area contributed by atoms with Crippen molar-refractivity contribution in [3.05, 3.63) is 52.1 Å². The first-order chi connectivity index (χ1) is 22.6. The lowest BCUT2D eigenvalue weighted by molar-refractivity contribution is -0.153. The van der Waals surface area contributed by atoms with E-state index in [0.29, 0.717) is 33.8 Å². The molecule has 6 N–H and O–H groups in total. The van der Waals surface area contributed by atoms with Gasteiger partial charge in [-0.15, -0.1) is 0 Å². The fourth-order valence-electron chi connectivity index (χ4n) is 4.61. The van der Waals surface area contributed by atoms with Crippen LogP contribution in [0.15, 0.2) is 18.2 Å². The molecule has 0 saturated carbocycles. The number of nitrogens with zero attached hydrogens (tertiary/aromatic N) is 1. The number of methoxy groups -OCH3 is 1. The molecule has 19 heteroatoms. The molecule has 1 aliphatic rings. The maximum Gasteiger partial charge on any atom is 0.469 e. The highest BCUT2D eigenvalue weighted by Gasteiger charge is 2.27. The minimum Gasteiger partial charge on any atom is -0.455 e. The van der Waals surface area contributed by atoms with Gasteiger partial charge in [0.25, 0.3) is 11.8 Å². The second-order valence-electron chi connectivity index (χ2n) is 10.4. The van der Waals surface area contributed by atoms with Gasteiger partial charge >= 0.3 is 19.9 Å². The summed E-state index contributed by atoms with van der Waals surface area (Å²) in [6, 6.07) is 3.95. The second-order valence-corrected chi connectivity index (χ2v) is 11.6. The molecule has 1 aromatic carbocycles. The van der Waals surface area contributed by atoms with E-state index in [4.69, 9.17) is 19.3 Å². The lowest BCUT2D eigenvalue weighted by Crippen LogP contribution is -2.41. The predicted octanol–water partition coefficient (Wildman–Crippen LogP) is 1.24. The first-order valence-electron chi connectivity index (χ1n) is 14.5. The molecule has 0 spiro atoms. The molecule has 48 heavy (non-hydrogen) atoms. The number of hydrogen-bond donors (Lipinski definition) is 6. The molecule has 0 aliphatic carbocycles. The van der Waals surface area contributed by atoms with E-state index in [1.807, 2.05) is 0 Å². The molecule has 0 radical (unpaired) electrons. The molecule has 2 heterocycles. The SMILES string of the molecule is CCN(CCNC(=O)c1c(C)[nH]c(/C=C2\C(=O)Nc3ccc(F)cc32)c1C)C(=O)OCC(COP(=O)(O)O)OC(=O)CNC(=O)COC. The average Bonchev–Trinajstić information content (AvgIpc) is 3.48. The van der Waals surface area contributed by atoms with Crippen LogP contribution in [0, 0.1) is 19.7 Å². The Labute approximate surface area is 274 Å². The standard InChI is InChI=1S/C29H37FN5O12P/c1-5-35(29(40)45-13-19(14-46-48(41,42)43)47-25(37)12-32-24(36)15-44-4)9-8-31-28(39)26-16(2)23(33-17(26)3)11-21-20-10-18(30)6-7-22(20)34-27(21)38/h6-7,10-11,19,33H,5,8-9,12-15H2,1-4H3,(H,31,39)(H,32,36)(H,34,38)(H2,41,42,43)/b21-11-. The van der Waals surface area contributed by atoms with Crippen LogP contribution in [-0.2, 0) is 37.7 Å². The number of phosphoric ester groups is 1. The van der Waals surface area contributed by atoms with Gasteiger partial charge in [0, 0.05) is 49.4 Å². The number of nitrogens with one attached hydrogen (secondary N) is 4. The second kappa shape index (κ2) is 17.0. The number of likely N-dealkylation sites (N-methyl/N-ethyl adjacent to an activating group) is 1. The van der Waals surface area contributed by atoms with Crippen molar-refractivity contribution in [1.82, 2.24) is 20.5 Å². The Hall–Kier alpha value is -4.61. The zero-order valence-corrected chi connectivity index (χ0v) is 27.5. The van der Waals surface area contributed by atoms with Gasteiger partial charge in [-0.2, -0.15) is 0 Å². The van der Waals surface area contributed by atoms with E-state index in [1.165, 1.54) is 30.2 Å². The fourth-order valence-corrected chi connectivity index (χ4v) is 4.97. The van der Waals surface area contributed by atoms with Gasteiger partial charge in [-0.3, -0.25) is 23.7 Å². The maximum atomic E-state index is 13.8. The molecule has 1 aliphatic heterocycles. The Kier molecular flexibility index (Phi) is 13.4. The molecule has 4 amide bonds. The van der Waals surface area contributed by atoms with Gasteiger partial charge in [-0.05, 0) is 50.6 Å². The number of fused-ring (bicyclic) bond motifs is 1. The van der Waals surface area contributed by atoms with Crippen LogP contribution in [0.5, 0.6) is 0 Å². The molecule has 2 aromatic rings. The summed E-state index contributed by atoms with van der Waals surface area (Å²) in [6.07, 6.45) is -0.772. The van der Waals surface area contributed by atoms with E-state index in [0.717, 1.165) is 0 Å².